The average Bonchev–Trinajstić information content (AvgIpc) is 3.28. The molecule has 9 nitrogen and oxygen atoms in total. The van der Waals surface area contributed by atoms with Crippen LogP contribution in [0.4, 0.5) is 16.2 Å². The number of carbonyl (C=O) groups excluding carboxylic acids is 1. The maximum atomic E-state index is 12.3. The van der Waals surface area contributed by atoms with Crippen molar-refractivity contribution in [3.05, 3.63) is 66.9 Å². The van der Waals surface area contributed by atoms with Crippen molar-refractivity contribution in [1.29, 1.82) is 0 Å². The number of hydrogen-bond acceptors (Lipinski definition) is 6. The zero-order valence-electron chi connectivity index (χ0n) is 18.2. The third-order valence-electron chi connectivity index (χ3n) is 5.41. The molecule has 9 heteroatoms. The van der Waals surface area contributed by atoms with Gasteiger partial charge in [-0.25, -0.2) is 19.7 Å². The van der Waals surface area contributed by atoms with E-state index in [9.17, 15) is 4.79 Å². The number of nitrogens with one attached hydrogen (secondary N) is 2. The highest BCUT2D eigenvalue weighted by atomic mass is 16.5. The lowest BCUT2D eigenvalue weighted by molar-refractivity contribution is 0.161. The summed E-state index contributed by atoms with van der Waals surface area (Å²) in [5.74, 6) is 0.618. The van der Waals surface area contributed by atoms with Gasteiger partial charge in [-0.05, 0) is 55.3 Å². The number of ether oxygens (including phenoxy) is 1. The molecule has 0 saturated heterocycles. The summed E-state index contributed by atoms with van der Waals surface area (Å²) < 4.78 is 7.49. The van der Waals surface area contributed by atoms with Crippen molar-refractivity contribution in [2.24, 2.45) is 0 Å². The molecular formula is C24H23N7O2. The topological polar surface area (TPSA) is 107 Å². The van der Waals surface area contributed by atoms with Crippen LogP contribution in [0.1, 0.15) is 19.0 Å². The highest BCUT2D eigenvalue weighted by molar-refractivity contribution is 5.99. The summed E-state index contributed by atoms with van der Waals surface area (Å²) in [6.07, 6.45) is 7.90. The highest BCUT2D eigenvalue weighted by Gasteiger charge is 2.18. The molecule has 1 aliphatic heterocycles. The first-order chi connectivity index (χ1) is 16.2. The van der Waals surface area contributed by atoms with Gasteiger partial charge in [-0.1, -0.05) is 6.08 Å². The Kier molecular flexibility index (Phi) is 5.77. The number of imidazole rings is 1. The van der Waals surface area contributed by atoms with E-state index < -0.39 is 0 Å². The number of carbonyl (C=O) groups is 1. The molecule has 0 radical (unpaired) electrons. The summed E-state index contributed by atoms with van der Waals surface area (Å²) >= 11 is 0. The first-order valence-corrected chi connectivity index (χ1v) is 10.8. The van der Waals surface area contributed by atoms with Gasteiger partial charge in [0.2, 0.25) is 0 Å². The Labute approximate surface area is 190 Å². The first kappa shape index (κ1) is 20.8. The number of aromatic nitrogens is 5. The maximum absolute atomic E-state index is 12.3. The van der Waals surface area contributed by atoms with Crippen molar-refractivity contribution >= 4 is 34.1 Å². The Hall–Kier alpha value is -4.11. The SMILES string of the molecule is CCn1cnc2c(C3=CCOCC3)nc(-c3ccc(NC(=O)Nc4ccncc4)cc3)nc21. The van der Waals surface area contributed by atoms with Crippen LogP contribution in [-0.2, 0) is 11.3 Å². The third kappa shape index (κ3) is 4.44. The molecule has 0 saturated carbocycles. The fourth-order valence-electron chi connectivity index (χ4n) is 3.70. The van der Waals surface area contributed by atoms with Crippen molar-refractivity contribution in [3.8, 4) is 11.4 Å². The molecule has 1 aromatic carbocycles. The van der Waals surface area contributed by atoms with Gasteiger partial charge in [-0.15, -0.1) is 0 Å². The van der Waals surface area contributed by atoms with E-state index in [-0.39, 0.29) is 6.03 Å². The van der Waals surface area contributed by atoms with Crippen LogP contribution >= 0.6 is 0 Å². The van der Waals surface area contributed by atoms with Crippen LogP contribution in [0.3, 0.4) is 0 Å². The van der Waals surface area contributed by atoms with E-state index in [2.05, 4.69) is 33.6 Å². The summed E-state index contributed by atoms with van der Waals surface area (Å²) in [6.45, 7) is 4.08. The molecule has 33 heavy (non-hydrogen) atoms. The minimum Gasteiger partial charge on any atom is -0.377 e. The fraction of sp³-hybridized carbons (Fsp3) is 0.208. The summed E-state index contributed by atoms with van der Waals surface area (Å²) in [5.41, 5.74) is 5.78. The number of rotatable bonds is 5. The predicted molar refractivity (Wildman–Crippen MR) is 127 cm³/mol. The van der Waals surface area contributed by atoms with E-state index >= 15 is 0 Å². The minimum absolute atomic E-state index is 0.327. The molecular weight excluding hydrogens is 418 g/mol. The summed E-state index contributed by atoms with van der Waals surface area (Å²) in [4.78, 5) is 30.4. The Morgan fingerprint density at radius 2 is 1.82 bits per heavy atom. The monoisotopic (exact) mass is 441 g/mol. The molecule has 0 spiro atoms. The van der Waals surface area contributed by atoms with Crippen LogP contribution in [0.2, 0.25) is 0 Å². The van der Waals surface area contributed by atoms with Gasteiger partial charge in [-0.2, -0.15) is 0 Å². The largest absolute Gasteiger partial charge is 0.377 e. The van der Waals surface area contributed by atoms with Crippen LogP contribution in [0, 0.1) is 0 Å². The quantitative estimate of drug-likeness (QED) is 0.477. The van der Waals surface area contributed by atoms with Crippen LogP contribution < -0.4 is 10.6 Å². The predicted octanol–water partition coefficient (Wildman–Crippen LogP) is 4.36. The van der Waals surface area contributed by atoms with Crippen molar-refractivity contribution in [2.45, 2.75) is 19.9 Å². The van der Waals surface area contributed by atoms with Crippen LogP contribution in [0.15, 0.2) is 61.2 Å². The van der Waals surface area contributed by atoms with Crippen LogP contribution in [0.25, 0.3) is 28.1 Å². The normalized spacial score (nSPS) is 13.5. The van der Waals surface area contributed by atoms with E-state index in [1.807, 2.05) is 28.8 Å². The number of urea groups is 1. The second kappa shape index (κ2) is 9.17. The number of pyridine rings is 1. The van der Waals surface area contributed by atoms with Crippen molar-refractivity contribution < 1.29 is 9.53 Å². The Balaban J connectivity index is 1.43. The van der Waals surface area contributed by atoms with E-state index in [4.69, 9.17) is 14.7 Å². The first-order valence-electron chi connectivity index (χ1n) is 10.8. The molecule has 2 N–H and O–H groups in total. The van der Waals surface area contributed by atoms with Crippen molar-refractivity contribution in [2.75, 3.05) is 23.8 Å². The van der Waals surface area contributed by atoms with E-state index in [1.165, 1.54) is 0 Å². The van der Waals surface area contributed by atoms with Gasteiger partial charge in [-0.3, -0.25) is 4.98 Å². The molecule has 0 fully saturated rings. The van der Waals surface area contributed by atoms with Crippen LogP contribution in [-0.4, -0.2) is 43.7 Å². The van der Waals surface area contributed by atoms with Gasteiger partial charge in [0.25, 0.3) is 0 Å². The van der Waals surface area contributed by atoms with Crippen molar-refractivity contribution in [3.63, 3.8) is 0 Å². The number of aryl methyl sites for hydroxylation is 1. The van der Waals surface area contributed by atoms with Crippen LogP contribution in [0.5, 0.6) is 0 Å². The zero-order valence-corrected chi connectivity index (χ0v) is 18.2. The molecule has 0 bridgehead atoms. The third-order valence-corrected chi connectivity index (χ3v) is 5.41. The van der Waals surface area contributed by atoms with Gasteiger partial charge in [0.05, 0.1) is 25.2 Å². The molecule has 1 aliphatic rings. The van der Waals surface area contributed by atoms with Gasteiger partial charge < -0.3 is 19.9 Å². The van der Waals surface area contributed by atoms with Gasteiger partial charge in [0.15, 0.2) is 11.5 Å². The molecule has 5 rings (SSSR count). The van der Waals surface area contributed by atoms with E-state index in [0.29, 0.717) is 30.4 Å². The van der Waals surface area contributed by atoms with Gasteiger partial charge in [0.1, 0.15) is 5.52 Å². The van der Waals surface area contributed by atoms with Crippen molar-refractivity contribution in [1.82, 2.24) is 24.5 Å². The lowest BCUT2D eigenvalue weighted by atomic mass is 10.1. The van der Waals surface area contributed by atoms with E-state index in [1.54, 1.807) is 30.9 Å². The number of nitrogens with zero attached hydrogens (tertiary/aromatic N) is 5. The molecule has 4 heterocycles. The lowest BCUT2D eigenvalue weighted by Gasteiger charge is -2.14. The highest BCUT2D eigenvalue weighted by Crippen LogP contribution is 2.29. The molecule has 0 atom stereocenters. The second-order valence-electron chi connectivity index (χ2n) is 7.55. The molecule has 0 aliphatic carbocycles. The maximum Gasteiger partial charge on any atom is 0.323 e. The molecule has 4 aromatic rings. The number of anilines is 2. The summed E-state index contributed by atoms with van der Waals surface area (Å²) in [5, 5.41) is 5.60. The van der Waals surface area contributed by atoms with E-state index in [0.717, 1.165) is 41.0 Å². The number of fused-ring (bicyclic) bond motifs is 1. The lowest BCUT2D eigenvalue weighted by Crippen LogP contribution is -2.19. The van der Waals surface area contributed by atoms with Gasteiger partial charge >= 0.3 is 6.03 Å². The molecule has 166 valence electrons. The second-order valence-corrected chi connectivity index (χ2v) is 7.55. The standard InChI is InChI=1S/C24H23N7O2/c1-2-31-15-26-21-20(16-9-13-33-14-10-16)29-22(30-23(21)31)17-3-5-18(6-4-17)27-24(32)28-19-7-11-25-12-8-19/h3-9,11-12,15H,2,10,13-14H2,1H3,(H2,25,27,28,32). The zero-order chi connectivity index (χ0) is 22.6. The number of amides is 2. The Morgan fingerprint density at radius 3 is 2.52 bits per heavy atom. The Morgan fingerprint density at radius 1 is 1.06 bits per heavy atom. The molecule has 0 unspecified atom stereocenters. The molecule has 2 amide bonds. The summed E-state index contributed by atoms with van der Waals surface area (Å²) in [7, 11) is 0. The minimum atomic E-state index is -0.327. The summed E-state index contributed by atoms with van der Waals surface area (Å²) in [6, 6.07) is 10.6. The smallest absolute Gasteiger partial charge is 0.323 e. The number of benzene rings is 1. The van der Waals surface area contributed by atoms with Gasteiger partial charge in [0, 0.05) is 35.9 Å². The molecule has 3 aromatic heterocycles. The number of hydrogen-bond donors (Lipinski definition) is 2. The average molecular weight is 441 g/mol. The fourth-order valence-corrected chi connectivity index (χ4v) is 3.70. The Bertz CT molecular complexity index is 1310.